The molecule has 25 heavy (non-hydrogen) atoms. The average Bonchev–Trinajstić information content (AvgIpc) is 2.62. The van der Waals surface area contributed by atoms with Gasteiger partial charge in [0.15, 0.2) is 0 Å². The number of rotatable bonds is 5. The standard InChI is InChI=1S/C20H21ClFNO2/c21-19-11-17(22)8-9-18(19)20(24)23-10-4-7-16(12-23)14-25-13-15-5-2-1-3-6-15/h1-3,5-6,8-9,11,16H,4,7,10,12-14H2. The molecule has 0 saturated carbocycles. The van der Waals surface area contributed by atoms with Crippen molar-refractivity contribution in [1.82, 2.24) is 4.90 Å². The number of nitrogens with zero attached hydrogens (tertiary/aromatic N) is 1. The average molecular weight is 362 g/mol. The van der Waals surface area contributed by atoms with Crippen molar-refractivity contribution in [2.45, 2.75) is 19.4 Å². The summed E-state index contributed by atoms with van der Waals surface area (Å²) < 4.78 is 19.0. The third kappa shape index (κ3) is 4.80. The molecule has 1 unspecified atom stereocenters. The first-order valence-electron chi connectivity index (χ1n) is 8.49. The molecule has 5 heteroatoms. The molecule has 1 fully saturated rings. The Morgan fingerprint density at radius 2 is 2.04 bits per heavy atom. The molecule has 0 aliphatic carbocycles. The smallest absolute Gasteiger partial charge is 0.255 e. The van der Waals surface area contributed by atoms with Crippen LogP contribution in [0.25, 0.3) is 0 Å². The summed E-state index contributed by atoms with van der Waals surface area (Å²) in [6, 6.07) is 13.9. The van der Waals surface area contributed by atoms with Gasteiger partial charge < -0.3 is 9.64 Å². The summed E-state index contributed by atoms with van der Waals surface area (Å²) >= 11 is 6.02. The first-order valence-corrected chi connectivity index (χ1v) is 8.87. The van der Waals surface area contributed by atoms with E-state index in [9.17, 15) is 9.18 Å². The topological polar surface area (TPSA) is 29.5 Å². The fraction of sp³-hybridized carbons (Fsp3) is 0.350. The van der Waals surface area contributed by atoms with Crippen LogP contribution >= 0.6 is 11.6 Å². The molecule has 132 valence electrons. The Morgan fingerprint density at radius 3 is 2.80 bits per heavy atom. The first kappa shape index (κ1) is 17.9. The predicted molar refractivity (Wildman–Crippen MR) is 96.1 cm³/mol. The quantitative estimate of drug-likeness (QED) is 0.782. The largest absolute Gasteiger partial charge is 0.376 e. The molecule has 1 atom stereocenters. The molecule has 3 nitrogen and oxygen atoms in total. The highest BCUT2D eigenvalue weighted by Gasteiger charge is 2.25. The van der Waals surface area contributed by atoms with Gasteiger partial charge in [-0.3, -0.25) is 4.79 Å². The van der Waals surface area contributed by atoms with Crippen molar-refractivity contribution in [3.8, 4) is 0 Å². The minimum Gasteiger partial charge on any atom is -0.376 e. The van der Waals surface area contributed by atoms with E-state index in [4.69, 9.17) is 16.3 Å². The van der Waals surface area contributed by atoms with Gasteiger partial charge in [-0.15, -0.1) is 0 Å². The highest BCUT2D eigenvalue weighted by atomic mass is 35.5. The lowest BCUT2D eigenvalue weighted by atomic mass is 9.98. The highest BCUT2D eigenvalue weighted by molar-refractivity contribution is 6.33. The highest BCUT2D eigenvalue weighted by Crippen LogP contribution is 2.23. The fourth-order valence-electron chi connectivity index (χ4n) is 3.14. The van der Waals surface area contributed by atoms with Gasteiger partial charge >= 0.3 is 0 Å². The normalized spacial score (nSPS) is 17.5. The molecule has 0 N–H and O–H groups in total. The number of hydrogen-bond donors (Lipinski definition) is 0. The van der Waals surface area contributed by atoms with Crippen molar-refractivity contribution < 1.29 is 13.9 Å². The monoisotopic (exact) mass is 361 g/mol. The second-order valence-electron chi connectivity index (χ2n) is 6.38. The van der Waals surface area contributed by atoms with Gasteiger partial charge in [-0.1, -0.05) is 41.9 Å². The summed E-state index contributed by atoms with van der Waals surface area (Å²) in [5.41, 5.74) is 1.50. The number of piperidine rings is 1. The fourth-order valence-corrected chi connectivity index (χ4v) is 3.38. The molecule has 3 rings (SSSR count). The van der Waals surface area contributed by atoms with Gasteiger partial charge in [-0.2, -0.15) is 0 Å². The van der Waals surface area contributed by atoms with E-state index in [0.717, 1.165) is 18.4 Å². The molecular weight excluding hydrogens is 341 g/mol. The SMILES string of the molecule is O=C(c1ccc(F)cc1Cl)N1CCCC(COCc2ccccc2)C1. The number of likely N-dealkylation sites (tertiary alicyclic amines) is 1. The summed E-state index contributed by atoms with van der Waals surface area (Å²) in [6.45, 7) is 2.54. The molecule has 0 radical (unpaired) electrons. The Labute approximate surface area is 152 Å². The van der Waals surface area contributed by atoms with E-state index in [1.54, 1.807) is 4.90 Å². The predicted octanol–water partition coefficient (Wildman–Crippen LogP) is 4.55. The number of halogens is 2. The van der Waals surface area contributed by atoms with E-state index in [0.29, 0.717) is 37.8 Å². The third-order valence-corrected chi connectivity index (χ3v) is 4.75. The summed E-state index contributed by atoms with van der Waals surface area (Å²) in [4.78, 5) is 14.4. The molecule has 2 aromatic rings. The molecular formula is C20H21ClFNO2. The number of amides is 1. The second-order valence-corrected chi connectivity index (χ2v) is 6.79. The zero-order valence-corrected chi connectivity index (χ0v) is 14.7. The van der Waals surface area contributed by atoms with Crippen LogP contribution < -0.4 is 0 Å². The van der Waals surface area contributed by atoms with Crippen LogP contribution in [-0.4, -0.2) is 30.5 Å². The van der Waals surface area contributed by atoms with Crippen LogP contribution in [0.5, 0.6) is 0 Å². The van der Waals surface area contributed by atoms with Gasteiger partial charge in [0.25, 0.3) is 5.91 Å². The van der Waals surface area contributed by atoms with E-state index in [1.165, 1.54) is 18.2 Å². The maximum absolute atomic E-state index is 13.2. The van der Waals surface area contributed by atoms with E-state index in [1.807, 2.05) is 30.3 Å². The summed E-state index contributed by atoms with van der Waals surface area (Å²) in [6.07, 6.45) is 1.97. The molecule has 2 aromatic carbocycles. The molecule has 1 saturated heterocycles. The van der Waals surface area contributed by atoms with Crippen molar-refractivity contribution in [1.29, 1.82) is 0 Å². The second kappa shape index (κ2) is 8.45. The summed E-state index contributed by atoms with van der Waals surface area (Å²) in [5, 5.41) is 0.160. The van der Waals surface area contributed by atoms with Crippen LogP contribution in [0.15, 0.2) is 48.5 Å². The summed E-state index contributed by atoms with van der Waals surface area (Å²) in [5.74, 6) is -0.272. The molecule has 1 amide bonds. The van der Waals surface area contributed by atoms with E-state index in [-0.39, 0.29) is 10.9 Å². The maximum atomic E-state index is 13.2. The Balaban J connectivity index is 1.54. The molecule has 1 aliphatic heterocycles. The van der Waals surface area contributed by atoms with Crippen LogP contribution in [0.4, 0.5) is 4.39 Å². The van der Waals surface area contributed by atoms with Gasteiger partial charge in [0, 0.05) is 13.1 Å². The van der Waals surface area contributed by atoms with Crippen LogP contribution in [0.1, 0.15) is 28.8 Å². The van der Waals surface area contributed by atoms with Gasteiger partial charge in [-0.25, -0.2) is 4.39 Å². The van der Waals surface area contributed by atoms with Gasteiger partial charge in [0.1, 0.15) is 5.82 Å². The molecule has 1 aliphatic rings. The zero-order chi connectivity index (χ0) is 17.6. The minimum atomic E-state index is -0.438. The van der Waals surface area contributed by atoms with E-state index >= 15 is 0 Å². The lowest BCUT2D eigenvalue weighted by molar-refractivity contribution is 0.0426. The number of hydrogen-bond acceptors (Lipinski definition) is 2. The lowest BCUT2D eigenvalue weighted by Crippen LogP contribution is -2.41. The van der Waals surface area contributed by atoms with E-state index in [2.05, 4.69) is 0 Å². The van der Waals surface area contributed by atoms with Crippen LogP contribution in [0.3, 0.4) is 0 Å². The van der Waals surface area contributed by atoms with Gasteiger partial charge in [0.05, 0.1) is 23.8 Å². The van der Waals surface area contributed by atoms with Gasteiger partial charge in [-0.05, 0) is 42.5 Å². The first-order chi connectivity index (χ1) is 12.1. The Morgan fingerprint density at radius 1 is 1.24 bits per heavy atom. The van der Waals surface area contributed by atoms with Crippen molar-refractivity contribution >= 4 is 17.5 Å². The summed E-state index contributed by atoms with van der Waals surface area (Å²) in [7, 11) is 0. The molecule has 1 heterocycles. The van der Waals surface area contributed by atoms with Crippen molar-refractivity contribution in [2.75, 3.05) is 19.7 Å². The minimum absolute atomic E-state index is 0.141. The third-order valence-electron chi connectivity index (χ3n) is 4.43. The molecule has 0 bridgehead atoms. The van der Waals surface area contributed by atoms with Gasteiger partial charge in [0.2, 0.25) is 0 Å². The zero-order valence-electron chi connectivity index (χ0n) is 14.0. The van der Waals surface area contributed by atoms with Crippen LogP contribution in [0, 0.1) is 11.7 Å². The number of carbonyl (C=O) groups excluding carboxylic acids is 1. The number of carbonyl (C=O) groups is 1. The van der Waals surface area contributed by atoms with E-state index < -0.39 is 5.82 Å². The van der Waals surface area contributed by atoms with Crippen molar-refractivity contribution in [2.24, 2.45) is 5.92 Å². The van der Waals surface area contributed by atoms with Crippen LogP contribution in [0.2, 0.25) is 5.02 Å². The van der Waals surface area contributed by atoms with Crippen LogP contribution in [-0.2, 0) is 11.3 Å². The lowest BCUT2D eigenvalue weighted by Gasteiger charge is -2.33. The Kier molecular flexibility index (Phi) is 6.05. The van der Waals surface area contributed by atoms with Crippen molar-refractivity contribution in [3.05, 3.63) is 70.5 Å². The Hall–Kier alpha value is -1.91. The molecule has 0 aromatic heterocycles. The van der Waals surface area contributed by atoms with Crippen molar-refractivity contribution in [3.63, 3.8) is 0 Å². The Bertz CT molecular complexity index is 723. The maximum Gasteiger partial charge on any atom is 0.255 e. The number of ether oxygens (including phenoxy) is 1. The molecule has 0 spiro atoms. The number of benzene rings is 2.